The average molecular weight is 387 g/mol. The van der Waals surface area contributed by atoms with Crippen molar-refractivity contribution in [2.45, 2.75) is 6.92 Å². The highest BCUT2D eigenvalue weighted by Crippen LogP contribution is 2.24. The highest BCUT2D eigenvalue weighted by molar-refractivity contribution is 7.17. The minimum atomic E-state index is -0.462. The number of hydrogen-bond donors (Lipinski definition) is 3. The van der Waals surface area contributed by atoms with Gasteiger partial charge in [-0.2, -0.15) is 0 Å². The van der Waals surface area contributed by atoms with Crippen LogP contribution in [0.1, 0.15) is 15.4 Å². The third-order valence-corrected chi connectivity index (χ3v) is 4.64. The third kappa shape index (κ3) is 4.59. The molecule has 3 aromatic rings. The van der Waals surface area contributed by atoms with Gasteiger partial charge in [0.1, 0.15) is 4.88 Å². The van der Waals surface area contributed by atoms with Crippen LogP contribution in [0.25, 0.3) is 0 Å². The molecule has 0 aliphatic heterocycles. The van der Waals surface area contributed by atoms with E-state index in [1.54, 1.807) is 43.3 Å². The molecule has 0 unspecified atom stereocenters. The highest BCUT2D eigenvalue weighted by Gasteiger charge is 2.17. The number of aromatic nitrogens is 1. The Morgan fingerprint density at radius 1 is 0.962 bits per heavy atom. The molecule has 0 fully saturated rings. The Balaban J connectivity index is 1.65. The van der Waals surface area contributed by atoms with E-state index >= 15 is 0 Å². The summed E-state index contributed by atoms with van der Waals surface area (Å²) in [6.45, 7) is 1.72. The number of thiazole rings is 1. The van der Waals surface area contributed by atoms with Gasteiger partial charge in [-0.25, -0.2) is 9.78 Å². The van der Waals surface area contributed by atoms with Gasteiger partial charge in [-0.05, 0) is 37.3 Å². The van der Waals surface area contributed by atoms with E-state index in [-0.39, 0.29) is 5.91 Å². The third-order valence-electron chi connectivity index (χ3n) is 3.34. The summed E-state index contributed by atoms with van der Waals surface area (Å²) < 4.78 is 0. The van der Waals surface area contributed by atoms with E-state index in [1.165, 1.54) is 0 Å². The molecule has 3 N–H and O–H groups in total. The molecule has 1 heterocycles. The van der Waals surface area contributed by atoms with Crippen LogP contribution in [0.4, 0.5) is 21.3 Å². The number of aryl methyl sites for hydroxylation is 1. The lowest BCUT2D eigenvalue weighted by Gasteiger charge is -2.05. The Kier molecular flexibility index (Phi) is 5.50. The normalized spacial score (nSPS) is 10.2. The minimum Gasteiger partial charge on any atom is -0.321 e. The van der Waals surface area contributed by atoms with Gasteiger partial charge in [-0.15, -0.1) is 0 Å². The first kappa shape index (κ1) is 17.9. The van der Waals surface area contributed by atoms with Crippen LogP contribution in [-0.2, 0) is 0 Å². The number of carbonyl (C=O) groups is 2. The molecule has 8 heteroatoms. The minimum absolute atomic E-state index is 0.269. The van der Waals surface area contributed by atoms with Crippen LogP contribution >= 0.6 is 22.9 Å². The topological polar surface area (TPSA) is 83.1 Å². The van der Waals surface area contributed by atoms with E-state index < -0.39 is 6.03 Å². The smallest absolute Gasteiger partial charge is 0.321 e. The fraction of sp³-hybridized carbons (Fsp3) is 0.0556. The molecule has 0 aliphatic rings. The van der Waals surface area contributed by atoms with Crippen molar-refractivity contribution in [3.8, 4) is 0 Å². The molecule has 132 valence electrons. The van der Waals surface area contributed by atoms with Crippen LogP contribution < -0.4 is 16.0 Å². The summed E-state index contributed by atoms with van der Waals surface area (Å²) in [4.78, 5) is 29.1. The maximum atomic E-state index is 12.4. The first-order valence-electron chi connectivity index (χ1n) is 7.68. The largest absolute Gasteiger partial charge is 0.325 e. The quantitative estimate of drug-likeness (QED) is 0.589. The second kappa shape index (κ2) is 7.99. The van der Waals surface area contributed by atoms with Crippen molar-refractivity contribution in [1.82, 2.24) is 4.98 Å². The fourth-order valence-electron chi connectivity index (χ4n) is 2.20. The second-order valence-corrected chi connectivity index (χ2v) is 6.78. The summed E-state index contributed by atoms with van der Waals surface area (Å²) in [7, 11) is 0. The molecule has 3 amide bonds. The number of amides is 3. The lowest BCUT2D eigenvalue weighted by atomic mass is 10.3. The molecule has 0 saturated carbocycles. The van der Waals surface area contributed by atoms with Gasteiger partial charge in [0.25, 0.3) is 5.91 Å². The molecule has 3 rings (SSSR count). The van der Waals surface area contributed by atoms with Crippen molar-refractivity contribution in [3.05, 3.63) is 70.2 Å². The van der Waals surface area contributed by atoms with Crippen molar-refractivity contribution in [2.75, 3.05) is 16.0 Å². The lowest BCUT2D eigenvalue weighted by molar-refractivity contribution is 0.103. The van der Waals surface area contributed by atoms with Gasteiger partial charge in [0.15, 0.2) is 5.13 Å². The number of halogens is 1. The molecule has 26 heavy (non-hydrogen) atoms. The van der Waals surface area contributed by atoms with E-state index in [0.717, 1.165) is 11.3 Å². The van der Waals surface area contributed by atoms with Gasteiger partial charge in [-0.1, -0.05) is 47.2 Å². The zero-order valence-electron chi connectivity index (χ0n) is 13.7. The zero-order valence-corrected chi connectivity index (χ0v) is 15.3. The number of para-hydroxylation sites is 1. The molecule has 0 saturated heterocycles. The van der Waals surface area contributed by atoms with E-state index in [4.69, 9.17) is 11.6 Å². The molecule has 0 spiro atoms. The van der Waals surface area contributed by atoms with Crippen LogP contribution in [0.15, 0.2) is 54.6 Å². The van der Waals surface area contributed by atoms with E-state index in [1.807, 2.05) is 18.2 Å². The van der Waals surface area contributed by atoms with Gasteiger partial charge in [-0.3, -0.25) is 10.1 Å². The number of urea groups is 1. The summed E-state index contributed by atoms with van der Waals surface area (Å²) in [6, 6.07) is 15.5. The fourth-order valence-corrected chi connectivity index (χ4v) is 3.24. The second-order valence-electron chi connectivity index (χ2n) is 5.34. The van der Waals surface area contributed by atoms with E-state index in [0.29, 0.717) is 32.1 Å². The summed E-state index contributed by atoms with van der Waals surface area (Å²) in [5.74, 6) is -0.269. The van der Waals surface area contributed by atoms with Crippen molar-refractivity contribution < 1.29 is 9.59 Å². The first-order chi connectivity index (χ1) is 12.5. The van der Waals surface area contributed by atoms with Crippen molar-refractivity contribution in [3.63, 3.8) is 0 Å². The predicted molar refractivity (Wildman–Crippen MR) is 105 cm³/mol. The number of hydrogen-bond acceptors (Lipinski definition) is 4. The Labute approximate surface area is 159 Å². The zero-order chi connectivity index (χ0) is 18.5. The summed E-state index contributed by atoms with van der Waals surface area (Å²) >= 11 is 7.00. The summed E-state index contributed by atoms with van der Waals surface area (Å²) in [5, 5.41) is 8.94. The maximum absolute atomic E-state index is 12.4. The van der Waals surface area contributed by atoms with E-state index in [9.17, 15) is 9.59 Å². The van der Waals surface area contributed by atoms with Gasteiger partial charge < -0.3 is 10.6 Å². The Morgan fingerprint density at radius 3 is 2.42 bits per heavy atom. The average Bonchev–Trinajstić information content (AvgIpc) is 2.96. The maximum Gasteiger partial charge on any atom is 0.325 e. The molecular formula is C18H15ClN4O2S. The number of nitrogens with one attached hydrogen (secondary N) is 3. The molecule has 0 atom stereocenters. The Bertz CT molecular complexity index is 943. The number of rotatable bonds is 4. The summed E-state index contributed by atoms with van der Waals surface area (Å²) in [5.41, 5.74) is 1.80. The van der Waals surface area contributed by atoms with Crippen molar-refractivity contribution in [1.29, 1.82) is 0 Å². The molecule has 0 bridgehead atoms. The summed E-state index contributed by atoms with van der Waals surface area (Å²) in [6.07, 6.45) is 0. The number of anilines is 3. The number of benzene rings is 2. The lowest BCUT2D eigenvalue weighted by Crippen LogP contribution is -2.19. The molecule has 0 radical (unpaired) electrons. The van der Waals surface area contributed by atoms with Crippen LogP contribution in [0.5, 0.6) is 0 Å². The standard InChI is InChI=1S/C18H15ClN4O2S/c1-11-15(16(24)21-13-7-3-2-4-8-13)26-18(20-11)23-17(25)22-14-9-5-6-12(19)10-14/h2-10H,1H3,(H,21,24)(H2,20,22,23,25). The molecule has 6 nitrogen and oxygen atoms in total. The van der Waals surface area contributed by atoms with Gasteiger partial charge in [0.05, 0.1) is 5.69 Å². The highest BCUT2D eigenvalue weighted by atomic mass is 35.5. The molecule has 2 aromatic carbocycles. The molecule has 0 aliphatic carbocycles. The molecular weight excluding hydrogens is 372 g/mol. The monoisotopic (exact) mass is 386 g/mol. The number of nitrogens with zero attached hydrogens (tertiary/aromatic N) is 1. The van der Waals surface area contributed by atoms with Crippen LogP contribution in [-0.4, -0.2) is 16.9 Å². The van der Waals surface area contributed by atoms with Crippen LogP contribution in [0.3, 0.4) is 0 Å². The SMILES string of the molecule is Cc1nc(NC(=O)Nc2cccc(Cl)c2)sc1C(=O)Nc1ccccc1. The first-order valence-corrected chi connectivity index (χ1v) is 8.88. The van der Waals surface area contributed by atoms with Gasteiger partial charge >= 0.3 is 6.03 Å². The Hall–Kier alpha value is -2.90. The van der Waals surface area contributed by atoms with Gasteiger partial charge in [0, 0.05) is 16.4 Å². The van der Waals surface area contributed by atoms with Crippen molar-refractivity contribution in [2.24, 2.45) is 0 Å². The van der Waals surface area contributed by atoms with E-state index in [2.05, 4.69) is 20.9 Å². The van der Waals surface area contributed by atoms with Crippen molar-refractivity contribution >= 4 is 51.4 Å². The number of carbonyl (C=O) groups excluding carboxylic acids is 2. The van der Waals surface area contributed by atoms with Gasteiger partial charge in [0.2, 0.25) is 0 Å². The Morgan fingerprint density at radius 2 is 1.69 bits per heavy atom. The predicted octanol–water partition coefficient (Wildman–Crippen LogP) is 5.00. The van der Waals surface area contributed by atoms with Crippen LogP contribution in [0, 0.1) is 6.92 Å². The van der Waals surface area contributed by atoms with Crippen LogP contribution in [0.2, 0.25) is 5.02 Å². The molecule has 1 aromatic heterocycles.